The van der Waals surface area contributed by atoms with E-state index in [0.717, 1.165) is 37.0 Å². The smallest absolute Gasteiger partial charge is 0.314 e. The minimum atomic E-state index is -0.00421. The molecular weight excluding hydrogens is 368 g/mol. The molecule has 1 aromatic carbocycles. The van der Waals surface area contributed by atoms with Gasteiger partial charge in [-0.2, -0.15) is 0 Å². The van der Waals surface area contributed by atoms with Crippen molar-refractivity contribution >= 4 is 5.97 Å². The van der Waals surface area contributed by atoms with Crippen molar-refractivity contribution in [2.24, 2.45) is 23.7 Å². The van der Waals surface area contributed by atoms with Crippen LogP contribution in [-0.2, 0) is 11.2 Å². The summed E-state index contributed by atoms with van der Waals surface area (Å²) in [6.07, 6.45) is 19.3. The largest absolute Gasteiger partial charge is 0.426 e. The van der Waals surface area contributed by atoms with E-state index in [1.807, 2.05) is 12.1 Å². The lowest BCUT2D eigenvalue weighted by Crippen LogP contribution is -2.30. The zero-order chi connectivity index (χ0) is 21.2. The third-order valence-electron chi connectivity index (χ3n) is 7.84. The fraction of sp³-hybridized carbons (Fsp3) is 0.750. The Morgan fingerprint density at radius 3 is 2.00 bits per heavy atom. The van der Waals surface area contributed by atoms with E-state index in [4.69, 9.17) is 4.74 Å². The number of rotatable bonds is 10. The molecule has 0 N–H and O–H groups in total. The summed E-state index contributed by atoms with van der Waals surface area (Å²) in [6, 6.07) is 8.18. The van der Waals surface area contributed by atoms with Crippen LogP contribution in [-0.4, -0.2) is 5.97 Å². The molecule has 168 valence electrons. The molecule has 2 fully saturated rings. The molecule has 30 heavy (non-hydrogen) atoms. The molecule has 0 amide bonds. The SMILES string of the molecule is CCCCCc1ccc(OC(=O)C2CCC(C3CCC(CCCC)CC3)CC2)cc1. The number of benzene rings is 1. The van der Waals surface area contributed by atoms with E-state index in [2.05, 4.69) is 26.0 Å². The first-order chi connectivity index (χ1) is 14.7. The van der Waals surface area contributed by atoms with Crippen LogP contribution in [0.15, 0.2) is 24.3 Å². The van der Waals surface area contributed by atoms with Crippen molar-refractivity contribution in [3.05, 3.63) is 29.8 Å². The number of aryl methyl sites for hydroxylation is 1. The first-order valence-corrected chi connectivity index (χ1v) is 13.0. The van der Waals surface area contributed by atoms with Crippen molar-refractivity contribution in [1.29, 1.82) is 0 Å². The van der Waals surface area contributed by atoms with Crippen LogP contribution in [0.2, 0.25) is 0 Å². The van der Waals surface area contributed by atoms with Gasteiger partial charge < -0.3 is 4.74 Å². The van der Waals surface area contributed by atoms with Crippen LogP contribution in [0.3, 0.4) is 0 Å². The van der Waals surface area contributed by atoms with E-state index < -0.39 is 0 Å². The highest BCUT2D eigenvalue weighted by Crippen LogP contribution is 2.42. The molecule has 1 aromatic rings. The fourth-order valence-corrected chi connectivity index (χ4v) is 5.77. The molecule has 3 rings (SSSR count). The van der Waals surface area contributed by atoms with E-state index in [-0.39, 0.29) is 11.9 Å². The van der Waals surface area contributed by atoms with Gasteiger partial charge in [0.15, 0.2) is 0 Å². The summed E-state index contributed by atoms with van der Waals surface area (Å²) < 4.78 is 5.73. The predicted molar refractivity (Wildman–Crippen MR) is 126 cm³/mol. The van der Waals surface area contributed by atoms with Crippen molar-refractivity contribution in [1.82, 2.24) is 0 Å². The van der Waals surface area contributed by atoms with Crippen molar-refractivity contribution < 1.29 is 9.53 Å². The molecule has 0 bridgehead atoms. The summed E-state index contributed by atoms with van der Waals surface area (Å²) in [5.74, 6) is 3.57. The van der Waals surface area contributed by atoms with Crippen LogP contribution in [0, 0.1) is 23.7 Å². The number of carbonyl (C=O) groups is 1. The fourth-order valence-electron chi connectivity index (χ4n) is 5.77. The summed E-state index contributed by atoms with van der Waals surface area (Å²) >= 11 is 0. The van der Waals surface area contributed by atoms with E-state index in [1.54, 1.807) is 0 Å². The molecule has 0 spiro atoms. The van der Waals surface area contributed by atoms with Crippen LogP contribution >= 0.6 is 0 Å². The normalized spacial score (nSPS) is 27.0. The van der Waals surface area contributed by atoms with E-state index in [1.165, 1.54) is 82.6 Å². The Bertz CT molecular complexity index is 604. The third-order valence-corrected chi connectivity index (χ3v) is 7.84. The Hall–Kier alpha value is -1.31. The van der Waals surface area contributed by atoms with Gasteiger partial charge >= 0.3 is 5.97 Å². The van der Waals surface area contributed by atoms with Crippen molar-refractivity contribution in [3.8, 4) is 5.75 Å². The predicted octanol–water partition coefficient (Wildman–Crippen LogP) is 8.13. The van der Waals surface area contributed by atoms with Gasteiger partial charge in [0.05, 0.1) is 5.92 Å². The minimum absolute atomic E-state index is 0.00421. The van der Waals surface area contributed by atoms with Gasteiger partial charge in [-0.3, -0.25) is 4.79 Å². The maximum absolute atomic E-state index is 12.7. The molecule has 2 nitrogen and oxygen atoms in total. The molecule has 2 aliphatic rings. The zero-order valence-electron chi connectivity index (χ0n) is 19.5. The molecule has 2 heteroatoms. The number of hydrogen-bond donors (Lipinski definition) is 0. The van der Waals surface area contributed by atoms with Gasteiger partial charge in [0.25, 0.3) is 0 Å². The van der Waals surface area contributed by atoms with Gasteiger partial charge in [0, 0.05) is 0 Å². The lowest BCUT2D eigenvalue weighted by atomic mass is 9.68. The molecule has 0 aromatic heterocycles. The van der Waals surface area contributed by atoms with Gasteiger partial charge in [0.2, 0.25) is 0 Å². The third kappa shape index (κ3) is 7.13. The number of carbonyl (C=O) groups excluding carboxylic acids is 1. The number of hydrogen-bond acceptors (Lipinski definition) is 2. The van der Waals surface area contributed by atoms with Crippen LogP contribution < -0.4 is 4.74 Å². The van der Waals surface area contributed by atoms with Crippen LogP contribution in [0.4, 0.5) is 0 Å². The van der Waals surface area contributed by atoms with E-state index >= 15 is 0 Å². The summed E-state index contributed by atoms with van der Waals surface area (Å²) in [6.45, 7) is 4.54. The highest BCUT2D eigenvalue weighted by molar-refractivity contribution is 5.75. The molecule has 0 radical (unpaired) electrons. The second-order valence-corrected chi connectivity index (χ2v) is 10.1. The summed E-state index contributed by atoms with van der Waals surface area (Å²) in [7, 11) is 0. The monoisotopic (exact) mass is 412 g/mol. The Morgan fingerprint density at radius 2 is 1.40 bits per heavy atom. The first kappa shape index (κ1) is 23.4. The van der Waals surface area contributed by atoms with Gasteiger partial charge in [-0.05, 0) is 86.8 Å². The van der Waals surface area contributed by atoms with Crippen LogP contribution in [0.5, 0.6) is 5.75 Å². The van der Waals surface area contributed by atoms with Crippen LogP contribution in [0.1, 0.15) is 109 Å². The van der Waals surface area contributed by atoms with Gasteiger partial charge in [-0.15, -0.1) is 0 Å². The molecule has 2 aliphatic carbocycles. The Balaban J connectivity index is 1.37. The highest BCUT2D eigenvalue weighted by atomic mass is 16.5. The molecule has 0 unspecified atom stereocenters. The molecular formula is C28H44O2. The van der Waals surface area contributed by atoms with Crippen LogP contribution in [0.25, 0.3) is 0 Å². The Labute approximate surface area is 185 Å². The first-order valence-electron chi connectivity index (χ1n) is 13.0. The van der Waals surface area contributed by atoms with Crippen molar-refractivity contribution in [2.75, 3.05) is 0 Å². The quantitative estimate of drug-likeness (QED) is 0.220. The average Bonchev–Trinajstić information content (AvgIpc) is 2.79. The molecule has 0 atom stereocenters. The molecule has 0 aliphatic heterocycles. The van der Waals surface area contributed by atoms with Gasteiger partial charge in [-0.1, -0.05) is 70.9 Å². The molecule has 0 saturated heterocycles. The van der Waals surface area contributed by atoms with Crippen molar-refractivity contribution in [3.63, 3.8) is 0 Å². The zero-order valence-corrected chi connectivity index (χ0v) is 19.5. The minimum Gasteiger partial charge on any atom is -0.426 e. The second kappa shape index (κ2) is 12.5. The number of unbranched alkanes of at least 4 members (excludes halogenated alkanes) is 3. The maximum atomic E-state index is 12.7. The number of esters is 1. The molecule has 2 saturated carbocycles. The lowest BCUT2D eigenvalue weighted by molar-refractivity contribution is -0.140. The summed E-state index contributed by atoms with van der Waals surface area (Å²) in [4.78, 5) is 12.7. The average molecular weight is 413 g/mol. The topological polar surface area (TPSA) is 26.3 Å². The second-order valence-electron chi connectivity index (χ2n) is 10.1. The van der Waals surface area contributed by atoms with Crippen molar-refractivity contribution in [2.45, 2.75) is 110 Å². The highest BCUT2D eigenvalue weighted by Gasteiger charge is 2.33. The van der Waals surface area contributed by atoms with E-state index in [9.17, 15) is 4.79 Å². The molecule has 0 heterocycles. The van der Waals surface area contributed by atoms with Gasteiger partial charge in [0.1, 0.15) is 5.75 Å². The number of ether oxygens (including phenoxy) is 1. The van der Waals surface area contributed by atoms with Gasteiger partial charge in [-0.25, -0.2) is 0 Å². The maximum Gasteiger partial charge on any atom is 0.314 e. The summed E-state index contributed by atoms with van der Waals surface area (Å²) in [5.41, 5.74) is 1.34. The Kier molecular flexibility index (Phi) is 9.75. The van der Waals surface area contributed by atoms with E-state index in [0.29, 0.717) is 5.75 Å². The standard InChI is InChI=1S/C28H44O2/c1-3-5-7-9-23-12-20-27(21-13-23)30-28(29)26-18-16-25(17-19-26)24-14-10-22(11-15-24)8-6-4-2/h12-13,20-22,24-26H,3-11,14-19H2,1-2H3. The lowest BCUT2D eigenvalue weighted by Gasteiger charge is -2.37. The summed E-state index contributed by atoms with van der Waals surface area (Å²) in [5, 5.41) is 0. The Morgan fingerprint density at radius 1 is 0.800 bits per heavy atom.